The fourth-order valence-electron chi connectivity index (χ4n) is 1.83. The van der Waals surface area contributed by atoms with Crippen molar-refractivity contribution in [2.24, 2.45) is 4.99 Å². The first-order valence-electron chi connectivity index (χ1n) is 6.32. The van der Waals surface area contributed by atoms with Gasteiger partial charge in [0, 0.05) is 11.1 Å². The van der Waals surface area contributed by atoms with Crippen LogP contribution in [0.3, 0.4) is 0 Å². The predicted molar refractivity (Wildman–Crippen MR) is 93.4 cm³/mol. The molecule has 4 nitrogen and oxygen atoms in total. The first-order valence-corrected chi connectivity index (χ1v) is 8.31. The van der Waals surface area contributed by atoms with Crippen molar-refractivity contribution in [1.29, 1.82) is 0 Å². The van der Waals surface area contributed by atoms with Gasteiger partial charge in [-0.05, 0) is 70.5 Å². The molecule has 7 heteroatoms. The van der Waals surface area contributed by atoms with Gasteiger partial charge in [-0.2, -0.15) is 0 Å². The molecular formula is C15H10BrClN2O2S. The Labute approximate surface area is 144 Å². The number of amidine groups is 1. The molecule has 2 heterocycles. The topological polar surface area (TPSA) is 54.6 Å². The minimum atomic E-state index is -0.193. The molecule has 0 radical (unpaired) electrons. The van der Waals surface area contributed by atoms with Gasteiger partial charge in [0.1, 0.15) is 5.76 Å². The molecule has 3 rings (SSSR count). The molecule has 1 N–H and O–H groups in total. The van der Waals surface area contributed by atoms with Gasteiger partial charge in [-0.1, -0.05) is 11.6 Å². The maximum absolute atomic E-state index is 12.0. The van der Waals surface area contributed by atoms with Crippen LogP contribution in [0.25, 0.3) is 6.08 Å². The molecule has 0 unspecified atom stereocenters. The number of furan rings is 1. The van der Waals surface area contributed by atoms with E-state index in [0.717, 1.165) is 11.3 Å². The van der Waals surface area contributed by atoms with Crippen molar-refractivity contribution in [3.05, 3.63) is 56.3 Å². The van der Waals surface area contributed by atoms with Gasteiger partial charge in [-0.25, -0.2) is 4.99 Å². The van der Waals surface area contributed by atoms with Gasteiger partial charge in [0.15, 0.2) is 9.84 Å². The number of nitrogens with zero attached hydrogens (tertiary/aromatic N) is 1. The third-order valence-corrected chi connectivity index (χ3v) is 4.65. The number of carbonyl (C=O) groups is 1. The number of benzene rings is 1. The lowest BCUT2D eigenvalue weighted by Crippen LogP contribution is -2.19. The molecule has 1 saturated heterocycles. The third-order valence-electron chi connectivity index (χ3n) is 2.89. The Balaban J connectivity index is 1.83. The summed E-state index contributed by atoms with van der Waals surface area (Å²) in [4.78, 5) is 16.9. The molecule has 22 heavy (non-hydrogen) atoms. The van der Waals surface area contributed by atoms with Gasteiger partial charge in [0.25, 0.3) is 5.91 Å². The SMILES string of the molecule is Cc1cc(N=C2NC(=O)/C(=C/c3ccc(Br)o3)S2)ccc1Cl. The van der Waals surface area contributed by atoms with Gasteiger partial charge in [0.2, 0.25) is 0 Å². The predicted octanol–water partition coefficient (Wildman–Crippen LogP) is 4.90. The summed E-state index contributed by atoms with van der Waals surface area (Å²) in [5.74, 6) is 0.412. The monoisotopic (exact) mass is 396 g/mol. The third kappa shape index (κ3) is 3.45. The summed E-state index contributed by atoms with van der Waals surface area (Å²) in [5, 5.41) is 3.95. The van der Waals surface area contributed by atoms with E-state index in [1.807, 2.05) is 13.0 Å². The van der Waals surface area contributed by atoms with E-state index in [9.17, 15) is 4.79 Å². The van der Waals surface area contributed by atoms with Crippen LogP contribution >= 0.6 is 39.3 Å². The van der Waals surface area contributed by atoms with Crippen molar-refractivity contribution in [2.45, 2.75) is 6.92 Å². The number of aliphatic imine (C=N–C) groups is 1. The summed E-state index contributed by atoms with van der Waals surface area (Å²) in [6, 6.07) is 9.01. The largest absolute Gasteiger partial charge is 0.450 e. The lowest BCUT2D eigenvalue weighted by Gasteiger charge is -2.00. The van der Waals surface area contributed by atoms with E-state index in [-0.39, 0.29) is 5.91 Å². The molecule has 0 atom stereocenters. The minimum absolute atomic E-state index is 0.193. The molecule has 112 valence electrons. The molecule has 1 amide bonds. The number of halogens is 2. The number of hydrogen-bond donors (Lipinski definition) is 1. The number of nitrogens with one attached hydrogen (secondary N) is 1. The molecule has 1 aliphatic rings. The molecule has 0 bridgehead atoms. The van der Waals surface area contributed by atoms with Gasteiger partial charge in [-0.3, -0.25) is 4.79 Å². The zero-order valence-corrected chi connectivity index (χ0v) is 14.6. The smallest absolute Gasteiger partial charge is 0.264 e. The van der Waals surface area contributed by atoms with Gasteiger partial charge in [0.05, 0.1) is 10.6 Å². The molecule has 0 saturated carbocycles. The van der Waals surface area contributed by atoms with E-state index in [1.54, 1.807) is 30.3 Å². The van der Waals surface area contributed by atoms with Crippen molar-refractivity contribution in [3.63, 3.8) is 0 Å². The lowest BCUT2D eigenvalue weighted by molar-refractivity contribution is -0.115. The van der Waals surface area contributed by atoms with Crippen LogP contribution in [0.15, 0.2) is 49.3 Å². The number of thioether (sulfide) groups is 1. The van der Waals surface area contributed by atoms with Gasteiger partial charge in [-0.15, -0.1) is 0 Å². The second-order valence-electron chi connectivity index (χ2n) is 4.56. The van der Waals surface area contributed by atoms with Crippen molar-refractivity contribution >= 4 is 62.1 Å². The molecule has 1 aromatic carbocycles. The van der Waals surface area contributed by atoms with Crippen molar-refractivity contribution in [3.8, 4) is 0 Å². The zero-order chi connectivity index (χ0) is 15.7. The van der Waals surface area contributed by atoms with Crippen LogP contribution < -0.4 is 5.32 Å². The number of rotatable bonds is 2. The molecule has 1 fully saturated rings. The summed E-state index contributed by atoms with van der Waals surface area (Å²) >= 11 is 10.5. The first-order chi connectivity index (χ1) is 10.5. The normalized spacial score (nSPS) is 18.2. The second-order valence-corrected chi connectivity index (χ2v) is 6.78. The highest BCUT2D eigenvalue weighted by molar-refractivity contribution is 9.10. The highest BCUT2D eigenvalue weighted by Gasteiger charge is 2.24. The molecule has 0 spiro atoms. The van der Waals surface area contributed by atoms with Gasteiger partial charge >= 0.3 is 0 Å². The quantitative estimate of drug-likeness (QED) is 0.734. The fourth-order valence-corrected chi connectivity index (χ4v) is 3.09. The summed E-state index contributed by atoms with van der Waals surface area (Å²) in [7, 11) is 0. The second kappa shape index (κ2) is 6.32. The number of amides is 1. The van der Waals surface area contributed by atoms with E-state index >= 15 is 0 Å². The van der Waals surface area contributed by atoms with Crippen molar-refractivity contribution in [1.82, 2.24) is 5.32 Å². The van der Waals surface area contributed by atoms with Crippen molar-refractivity contribution in [2.75, 3.05) is 0 Å². The minimum Gasteiger partial charge on any atom is -0.450 e. The summed E-state index contributed by atoms with van der Waals surface area (Å²) in [6.07, 6.45) is 1.68. The Morgan fingerprint density at radius 2 is 2.18 bits per heavy atom. The summed E-state index contributed by atoms with van der Waals surface area (Å²) < 4.78 is 5.99. The maximum Gasteiger partial charge on any atom is 0.264 e. The van der Waals surface area contributed by atoms with Crippen molar-refractivity contribution < 1.29 is 9.21 Å². The highest BCUT2D eigenvalue weighted by Crippen LogP contribution is 2.30. The Bertz CT molecular complexity index is 814. The Kier molecular flexibility index (Phi) is 4.42. The average Bonchev–Trinajstić information content (AvgIpc) is 3.01. The van der Waals surface area contributed by atoms with Crippen LogP contribution in [0.5, 0.6) is 0 Å². The van der Waals surface area contributed by atoms with Crippen LogP contribution in [-0.4, -0.2) is 11.1 Å². The Hall–Kier alpha value is -1.50. The van der Waals surface area contributed by atoms with Crippen LogP contribution in [-0.2, 0) is 4.79 Å². The number of hydrogen-bond acceptors (Lipinski definition) is 4. The molecule has 1 aliphatic heterocycles. The Morgan fingerprint density at radius 3 is 2.86 bits per heavy atom. The summed E-state index contributed by atoms with van der Waals surface area (Å²) in [5.41, 5.74) is 1.68. The van der Waals surface area contributed by atoms with Crippen LogP contribution in [0.2, 0.25) is 5.02 Å². The van der Waals surface area contributed by atoms with Crippen LogP contribution in [0.1, 0.15) is 11.3 Å². The van der Waals surface area contributed by atoms with E-state index in [2.05, 4.69) is 26.2 Å². The van der Waals surface area contributed by atoms with E-state index in [0.29, 0.717) is 25.5 Å². The standard InChI is InChI=1S/C15H10BrClN2O2S/c1-8-6-9(2-4-11(8)17)18-15-19-14(20)12(22-15)7-10-3-5-13(16)21-10/h2-7H,1H3,(H,18,19,20)/b12-7-. The number of aryl methyl sites for hydroxylation is 1. The van der Waals surface area contributed by atoms with Gasteiger partial charge < -0.3 is 9.73 Å². The molecule has 2 aromatic rings. The van der Waals surface area contributed by atoms with E-state index in [4.69, 9.17) is 16.0 Å². The Morgan fingerprint density at radius 1 is 1.36 bits per heavy atom. The van der Waals surface area contributed by atoms with Crippen LogP contribution in [0, 0.1) is 6.92 Å². The van der Waals surface area contributed by atoms with Crippen LogP contribution in [0.4, 0.5) is 5.69 Å². The number of carbonyl (C=O) groups excluding carboxylic acids is 1. The van der Waals surface area contributed by atoms with E-state index in [1.165, 1.54) is 11.8 Å². The zero-order valence-electron chi connectivity index (χ0n) is 11.4. The molecule has 0 aliphatic carbocycles. The molecular weight excluding hydrogens is 388 g/mol. The molecule has 1 aromatic heterocycles. The fraction of sp³-hybridized carbons (Fsp3) is 0.0667. The maximum atomic E-state index is 12.0. The average molecular weight is 398 g/mol. The van der Waals surface area contributed by atoms with E-state index < -0.39 is 0 Å². The highest BCUT2D eigenvalue weighted by atomic mass is 79.9. The summed E-state index contributed by atoms with van der Waals surface area (Å²) in [6.45, 7) is 1.91. The lowest BCUT2D eigenvalue weighted by atomic mass is 10.2. The first kappa shape index (κ1) is 15.4.